The first kappa shape index (κ1) is 11.4. The van der Waals surface area contributed by atoms with Gasteiger partial charge in [-0.2, -0.15) is 0 Å². The van der Waals surface area contributed by atoms with Crippen LogP contribution >= 0.6 is 0 Å². The third-order valence-corrected chi connectivity index (χ3v) is 3.93. The molecule has 0 aromatic carbocycles. The Morgan fingerprint density at radius 3 is 2.60 bits per heavy atom. The van der Waals surface area contributed by atoms with E-state index < -0.39 is 0 Å². The Morgan fingerprint density at radius 2 is 1.93 bits per heavy atom. The Bertz CT molecular complexity index is 212. The van der Waals surface area contributed by atoms with Crippen LogP contribution in [0.3, 0.4) is 0 Å². The first-order chi connectivity index (χ1) is 7.08. The molecule has 2 rings (SSSR count). The Hall–Kier alpha value is -0.120. The van der Waals surface area contributed by atoms with Gasteiger partial charge in [0.15, 0.2) is 0 Å². The largest absolute Gasteiger partial charge is 0.379 e. The highest BCUT2D eigenvalue weighted by atomic mass is 16.5. The Morgan fingerprint density at radius 1 is 1.27 bits per heavy atom. The van der Waals surface area contributed by atoms with Crippen molar-refractivity contribution in [2.75, 3.05) is 26.3 Å². The summed E-state index contributed by atoms with van der Waals surface area (Å²) in [6.45, 7) is 8.62. The Kier molecular flexibility index (Phi) is 3.33. The van der Waals surface area contributed by atoms with Crippen molar-refractivity contribution in [1.82, 2.24) is 4.90 Å². The lowest BCUT2D eigenvalue weighted by atomic mass is 9.72. The van der Waals surface area contributed by atoms with Gasteiger partial charge in [-0.25, -0.2) is 0 Å². The highest BCUT2D eigenvalue weighted by Crippen LogP contribution is 2.36. The van der Waals surface area contributed by atoms with Crippen molar-refractivity contribution >= 4 is 0 Å². The van der Waals surface area contributed by atoms with Gasteiger partial charge in [-0.15, -0.1) is 0 Å². The van der Waals surface area contributed by atoms with Crippen LogP contribution in [0, 0.1) is 5.41 Å². The predicted octanol–water partition coefficient (Wildman–Crippen LogP) is 1.22. The second-order valence-electron chi connectivity index (χ2n) is 5.79. The van der Waals surface area contributed by atoms with Crippen LogP contribution in [0.5, 0.6) is 0 Å². The van der Waals surface area contributed by atoms with Crippen molar-refractivity contribution in [2.24, 2.45) is 11.1 Å². The first-order valence-electron chi connectivity index (χ1n) is 6.16. The van der Waals surface area contributed by atoms with Crippen molar-refractivity contribution in [3.63, 3.8) is 0 Å². The summed E-state index contributed by atoms with van der Waals surface area (Å²) in [5.74, 6) is 0. The number of morpholine rings is 1. The number of rotatable bonds is 1. The fourth-order valence-corrected chi connectivity index (χ4v) is 2.88. The minimum atomic E-state index is 0.371. The average molecular weight is 212 g/mol. The van der Waals surface area contributed by atoms with Crippen LogP contribution < -0.4 is 5.73 Å². The lowest BCUT2D eigenvalue weighted by Crippen LogP contribution is -2.55. The van der Waals surface area contributed by atoms with Crippen LogP contribution in [-0.2, 0) is 4.74 Å². The van der Waals surface area contributed by atoms with Crippen molar-refractivity contribution in [2.45, 2.75) is 45.2 Å². The lowest BCUT2D eigenvalue weighted by Gasteiger charge is -2.45. The van der Waals surface area contributed by atoms with Crippen LogP contribution in [0.1, 0.15) is 33.1 Å². The Labute approximate surface area is 93.0 Å². The van der Waals surface area contributed by atoms with Crippen molar-refractivity contribution in [3.05, 3.63) is 0 Å². The van der Waals surface area contributed by atoms with Gasteiger partial charge < -0.3 is 10.5 Å². The van der Waals surface area contributed by atoms with Crippen LogP contribution in [0.4, 0.5) is 0 Å². The lowest BCUT2D eigenvalue weighted by molar-refractivity contribution is -0.0115. The number of hydrogen-bond acceptors (Lipinski definition) is 3. The van der Waals surface area contributed by atoms with Crippen LogP contribution in [0.15, 0.2) is 0 Å². The minimum absolute atomic E-state index is 0.371. The second-order valence-corrected chi connectivity index (χ2v) is 5.79. The maximum atomic E-state index is 6.25. The normalized spacial score (nSPS) is 37.8. The molecule has 1 aliphatic carbocycles. The van der Waals surface area contributed by atoms with Gasteiger partial charge in [0.05, 0.1) is 13.2 Å². The van der Waals surface area contributed by atoms with E-state index in [1.165, 1.54) is 19.3 Å². The van der Waals surface area contributed by atoms with Crippen molar-refractivity contribution in [3.8, 4) is 0 Å². The highest BCUT2D eigenvalue weighted by molar-refractivity contribution is 4.93. The molecule has 2 atom stereocenters. The van der Waals surface area contributed by atoms with Gasteiger partial charge in [-0.3, -0.25) is 4.90 Å². The van der Waals surface area contributed by atoms with E-state index in [9.17, 15) is 0 Å². The molecule has 2 N–H and O–H groups in total. The molecule has 0 radical (unpaired) electrons. The Balaban J connectivity index is 1.98. The second kappa shape index (κ2) is 4.40. The van der Waals surface area contributed by atoms with E-state index in [4.69, 9.17) is 10.5 Å². The van der Waals surface area contributed by atoms with E-state index in [1.807, 2.05) is 0 Å². The topological polar surface area (TPSA) is 38.5 Å². The maximum Gasteiger partial charge on any atom is 0.0594 e. The predicted molar refractivity (Wildman–Crippen MR) is 61.8 cm³/mol. The summed E-state index contributed by atoms with van der Waals surface area (Å²) in [7, 11) is 0. The molecule has 3 heteroatoms. The van der Waals surface area contributed by atoms with Gasteiger partial charge in [-0.05, 0) is 24.7 Å². The van der Waals surface area contributed by atoms with Crippen LogP contribution in [0.2, 0.25) is 0 Å². The highest BCUT2D eigenvalue weighted by Gasteiger charge is 2.36. The van der Waals surface area contributed by atoms with E-state index >= 15 is 0 Å². The molecule has 2 fully saturated rings. The minimum Gasteiger partial charge on any atom is -0.379 e. The summed E-state index contributed by atoms with van der Waals surface area (Å²) in [4.78, 5) is 2.54. The van der Waals surface area contributed by atoms with Crippen molar-refractivity contribution < 1.29 is 4.74 Å². The molecule has 1 saturated heterocycles. The summed E-state index contributed by atoms with van der Waals surface area (Å²) in [6, 6.07) is 0.953. The molecule has 2 aliphatic rings. The van der Waals surface area contributed by atoms with Gasteiger partial charge in [0.2, 0.25) is 0 Å². The quantitative estimate of drug-likeness (QED) is 0.710. The van der Waals surface area contributed by atoms with E-state index in [0.717, 1.165) is 26.3 Å². The van der Waals surface area contributed by atoms with E-state index in [0.29, 0.717) is 17.5 Å². The summed E-state index contributed by atoms with van der Waals surface area (Å²) in [6.07, 6.45) is 3.69. The molecular formula is C12H24N2O. The number of nitrogens with two attached hydrogens (primary N) is 1. The standard InChI is InChI=1S/C12H24N2O/c1-12(2)4-3-10(13)11(9-12)14-5-7-15-8-6-14/h10-11H,3-9,13H2,1-2H3. The molecular weight excluding hydrogens is 188 g/mol. The summed E-state index contributed by atoms with van der Waals surface area (Å²) >= 11 is 0. The molecule has 1 saturated carbocycles. The van der Waals surface area contributed by atoms with Gasteiger partial charge in [0.25, 0.3) is 0 Å². The third kappa shape index (κ3) is 2.71. The molecule has 0 aromatic heterocycles. The van der Waals surface area contributed by atoms with E-state index in [1.54, 1.807) is 0 Å². The zero-order valence-electron chi connectivity index (χ0n) is 10.0. The number of hydrogen-bond donors (Lipinski definition) is 1. The first-order valence-corrected chi connectivity index (χ1v) is 6.16. The maximum absolute atomic E-state index is 6.25. The zero-order chi connectivity index (χ0) is 10.9. The molecule has 0 aromatic rings. The smallest absolute Gasteiger partial charge is 0.0594 e. The number of ether oxygens (including phenoxy) is 1. The van der Waals surface area contributed by atoms with E-state index in [-0.39, 0.29) is 0 Å². The van der Waals surface area contributed by atoms with Gasteiger partial charge in [0.1, 0.15) is 0 Å². The SMILES string of the molecule is CC1(C)CCC(N)C(N2CCOCC2)C1. The summed E-state index contributed by atoms with van der Waals surface area (Å²) in [5.41, 5.74) is 6.72. The molecule has 0 bridgehead atoms. The third-order valence-electron chi connectivity index (χ3n) is 3.93. The average Bonchev–Trinajstić information content (AvgIpc) is 2.23. The number of nitrogens with zero attached hydrogens (tertiary/aromatic N) is 1. The van der Waals surface area contributed by atoms with Gasteiger partial charge in [0, 0.05) is 25.2 Å². The fourth-order valence-electron chi connectivity index (χ4n) is 2.88. The molecule has 15 heavy (non-hydrogen) atoms. The molecule has 88 valence electrons. The fraction of sp³-hybridized carbons (Fsp3) is 1.00. The van der Waals surface area contributed by atoms with Gasteiger partial charge >= 0.3 is 0 Å². The monoisotopic (exact) mass is 212 g/mol. The van der Waals surface area contributed by atoms with Crippen LogP contribution in [-0.4, -0.2) is 43.3 Å². The molecule has 0 spiro atoms. The van der Waals surface area contributed by atoms with Crippen molar-refractivity contribution in [1.29, 1.82) is 0 Å². The summed E-state index contributed by atoms with van der Waals surface area (Å²) in [5, 5.41) is 0. The molecule has 3 nitrogen and oxygen atoms in total. The molecule has 1 heterocycles. The van der Waals surface area contributed by atoms with E-state index in [2.05, 4.69) is 18.7 Å². The van der Waals surface area contributed by atoms with Gasteiger partial charge in [-0.1, -0.05) is 13.8 Å². The summed E-state index contributed by atoms with van der Waals surface area (Å²) < 4.78 is 5.40. The molecule has 0 amide bonds. The molecule has 1 aliphatic heterocycles. The molecule has 2 unspecified atom stereocenters. The van der Waals surface area contributed by atoms with Crippen LogP contribution in [0.25, 0.3) is 0 Å². The zero-order valence-corrected chi connectivity index (χ0v) is 10.0.